The fraction of sp³-hybridized carbons (Fsp3) is 0.556. The van der Waals surface area contributed by atoms with Crippen LogP contribution in [0.5, 0.6) is 11.5 Å². The summed E-state index contributed by atoms with van der Waals surface area (Å²) < 4.78 is 22.7. The van der Waals surface area contributed by atoms with E-state index in [9.17, 15) is 0 Å². The Morgan fingerprint density at radius 2 is 1.17 bits per heavy atom. The quantitative estimate of drug-likeness (QED) is 0.850. The van der Waals surface area contributed by atoms with Crippen molar-refractivity contribution in [3.63, 3.8) is 0 Å². The van der Waals surface area contributed by atoms with Gasteiger partial charge < -0.3 is 18.9 Å². The van der Waals surface area contributed by atoms with Gasteiger partial charge in [0, 0.05) is 0 Å². The number of hydrogen-bond acceptors (Lipinski definition) is 6. The SMILES string of the molecule is COc1c(C2=NC(C)(C)CO2)ccc(C2=NC(C)(C)CO2)c1OC. The van der Waals surface area contributed by atoms with Gasteiger partial charge in [0.15, 0.2) is 11.5 Å². The van der Waals surface area contributed by atoms with Crippen LogP contribution in [-0.4, -0.2) is 50.3 Å². The van der Waals surface area contributed by atoms with Crippen LogP contribution in [0.15, 0.2) is 22.1 Å². The molecule has 0 atom stereocenters. The Morgan fingerprint density at radius 3 is 1.42 bits per heavy atom. The summed E-state index contributed by atoms with van der Waals surface area (Å²) in [4.78, 5) is 9.24. The van der Waals surface area contributed by atoms with E-state index in [4.69, 9.17) is 18.9 Å². The van der Waals surface area contributed by atoms with Crippen molar-refractivity contribution in [3.8, 4) is 11.5 Å². The average molecular weight is 332 g/mol. The first-order valence-corrected chi connectivity index (χ1v) is 7.97. The summed E-state index contributed by atoms with van der Waals surface area (Å²) >= 11 is 0. The van der Waals surface area contributed by atoms with Gasteiger partial charge in [-0.2, -0.15) is 0 Å². The van der Waals surface area contributed by atoms with Gasteiger partial charge >= 0.3 is 0 Å². The zero-order chi connectivity index (χ0) is 17.5. The van der Waals surface area contributed by atoms with Gasteiger partial charge in [-0.3, -0.25) is 0 Å². The molecule has 0 radical (unpaired) electrons. The number of methoxy groups -OCH3 is 2. The van der Waals surface area contributed by atoms with Gasteiger partial charge in [-0.1, -0.05) is 0 Å². The standard InChI is InChI=1S/C18H24N2O4/c1-17(2)9-23-15(19-17)11-7-8-12(14(22-6)13(11)21-5)16-20-18(3,4)10-24-16/h7-8H,9-10H2,1-6H3. The van der Waals surface area contributed by atoms with Gasteiger partial charge in [-0.25, -0.2) is 9.98 Å². The monoisotopic (exact) mass is 332 g/mol. The van der Waals surface area contributed by atoms with Crippen molar-refractivity contribution >= 4 is 11.8 Å². The molecule has 0 spiro atoms. The number of hydrogen-bond donors (Lipinski definition) is 0. The van der Waals surface area contributed by atoms with Crippen molar-refractivity contribution < 1.29 is 18.9 Å². The molecule has 0 amide bonds. The van der Waals surface area contributed by atoms with Crippen molar-refractivity contribution in [3.05, 3.63) is 23.3 Å². The molecule has 2 aliphatic rings. The fourth-order valence-electron chi connectivity index (χ4n) is 2.75. The van der Waals surface area contributed by atoms with Crippen LogP contribution in [0.1, 0.15) is 38.8 Å². The lowest BCUT2D eigenvalue weighted by atomic mass is 10.1. The van der Waals surface area contributed by atoms with E-state index < -0.39 is 0 Å². The molecule has 6 heteroatoms. The minimum atomic E-state index is -0.241. The maximum Gasteiger partial charge on any atom is 0.220 e. The van der Waals surface area contributed by atoms with Gasteiger partial charge in [0.2, 0.25) is 11.8 Å². The lowest BCUT2D eigenvalue weighted by Crippen LogP contribution is -2.17. The van der Waals surface area contributed by atoms with Crippen LogP contribution in [0.4, 0.5) is 0 Å². The zero-order valence-electron chi connectivity index (χ0n) is 15.1. The largest absolute Gasteiger partial charge is 0.492 e. The highest BCUT2D eigenvalue weighted by atomic mass is 16.5. The van der Waals surface area contributed by atoms with Crippen LogP contribution in [0.2, 0.25) is 0 Å². The number of benzene rings is 1. The summed E-state index contributed by atoms with van der Waals surface area (Å²) in [5, 5.41) is 0. The summed E-state index contributed by atoms with van der Waals surface area (Å²) in [6.45, 7) is 9.20. The van der Waals surface area contributed by atoms with E-state index >= 15 is 0 Å². The molecule has 0 N–H and O–H groups in total. The summed E-state index contributed by atoms with van der Waals surface area (Å²) in [5.41, 5.74) is 1.05. The average Bonchev–Trinajstić information content (AvgIpc) is 3.07. The Balaban J connectivity index is 2.09. The van der Waals surface area contributed by atoms with Gasteiger partial charge in [0.25, 0.3) is 0 Å². The van der Waals surface area contributed by atoms with Crippen LogP contribution in [0, 0.1) is 0 Å². The Morgan fingerprint density at radius 1 is 0.792 bits per heavy atom. The van der Waals surface area contributed by atoms with E-state index in [2.05, 4.69) is 9.98 Å². The molecule has 6 nitrogen and oxygen atoms in total. The summed E-state index contributed by atoms with van der Waals surface area (Å²) in [6.07, 6.45) is 0. The van der Waals surface area contributed by atoms with Crippen LogP contribution in [-0.2, 0) is 9.47 Å². The van der Waals surface area contributed by atoms with Gasteiger partial charge in [0.05, 0.1) is 36.4 Å². The molecule has 0 saturated carbocycles. The number of ether oxygens (including phenoxy) is 4. The van der Waals surface area contributed by atoms with Crippen molar-refractivity contribution in [2.75, 3.05) is 27.4 Å². The number of nitrogens with zero attached hydrogens (tertiary/aromatic N) is 2. The first-order chi connectivity index (χ1) is 11.3. The van der Waals surface area contributed by atoms with E-state index in [-0.39, 0.29) is 11.1 Å². The van der Waals surface area contributed by atoms with Crippen LogP contribution >= 0.6 is 0 Å². The number of rotatable bonds is 4. The van der Waals surface area contributed by atoms with Crippen LogP contribution in [0.25, 0.3) is 0 Å². The van der Waals surface area contributed by atoms with Gasteiger partial charge in [0.1, 0.15) is 13.2 Å². The van der Waals surface area contributed by atoms with E-state index in [1.54, 1.807) is 14.2 Å². The zero-order valence-corrected chi connectivity index (χ0v) is 15.1. The predicted octanol–water partition coefficient (Wildman–Crippen LogP) is 2.81. The lowest BCUT2D eigenvalue weighted by Gasteiger charge is -2.16. The molecular formula is C18H24N2O4. The third kappa shape index (κ3) is 2.92. The lowest BCUT2D eigenvalue weighted by molar-refractivity contribution is 0.276. The second-order valence-electron chi connectivity index (χ2n) is 7.26. The van der Waals surface area contributed by atoms with E-state index in [1.807, 2.05) is 39.8 Å². The number of aliphatic imine (C=N–C) groups is 2. The Labute approximate surface area is 142 Å². The summed E-state index contributed by atoms with van der Waals surface area (Å²) in [6, 6.07) is 3.82. The Bertz CT molecular complexity index is 659. The highest BCUT2D eigenvalue weighted by Crippen LogP contribution is 2.38. The minimum Gasteiger partial charge on any atom is -0.492 e. The highest BCUT2D eigenvalue weighted by molar-refractivity contribution is 6.04. The maximum atomic E-state index is 5.75. The summed E-state index contributed by atoms with van der Waals surface area (Å²) in [5.74, 6) is 2.28. The van der Waals surface area contributed by atoms with Crippen molar-refractivity contribution in [1.82, 2.24) is 0 Å². The Kier molecular flexibility index (Phi) is 3.94. The van der Waals surface area contributed by atoms with Crippen LogP contribution < -0.4 is 9.47 Å². The predicted molar refractivity (Wildman–Crippen MR) is 92.7 cm³/mol. The first kappa shape index (κ1) is 16.6. The molecule has 0 bridgehead atoms. The van der Waals surface area contributed by atoms with Crippen molar-refractivity contribution in [2.24, 2.45) is 9.98 Å². The second kappa shape index (κ2) is 5.69. The smallest absolute Gasteiger partial charge is 0.220 e. The second-order valence-corrected chi connectivity index (χ2v) is 7.26. The molecule has 0 unspecified atom stereocenters. The minimum absolute atomic E-state index is 0.241. The molecule has 2 aliphatic heterocycles. The maximum absolute atomic E-state index is 5.75. The molecular weight excluding hydrogens is 308 g/mol. The molecule has 0 fully saturated rings. The normalized spacial score (nSPS) is 20.8. The van der Waals surface area contributed by atoms with E-state index in [0.29, 0.717) is 36.5 Å². The third-order valence-electron chi connectivity index (χ3n) is 3.91. The first-order valence-electron chi connectivity index (χ1n) is 7.97. The molecule has 0 aromatic heterocycles. The molecule has 24 heavy (non-hydrogen) atoms. The molecule has 1 aromatic rings. The molecule has 2 heterocycles. The molecule has 0 saturated heterocycles. The molecule has 130 valence electrons. The topological polar surface area (TPSA) is 61.6 Å². The molecule has 1 aromatic carbocycles. The van der Waals surface area contributed by atoms with E-state index in [0.717, 1.165) is 11.1 Å². The van der Waals surface area contributed by atoms with Crippen LogP contribution in [0.3, 0.4) is 0 Å². The van der Waals surface area contributed by atoms with Crippen molar-refractivity contribution in [1.29, 1.82) is 0 Å². The van der Waals surface area contributed by atoms with E-state index in [1.165, 1.54) is 0 Å². The third-order valence-corrected chi connectivity index (χ3v) is 3.91. The highest BCUT2D eigenvalue weighted by Gasteiger charge is 2.33. The van der Waals surface area contributed by atoms with Crippen molar-refractivity contribution in [2.45, 2.75) is 38.8 Å². The van der Waals surface area contributed by atoms with Gasteiger partial charge in [-0.15, -0.1) is 0 Å². The molecule has 3 rings (SSSR count). The van der Waals surface area contributed by atoms with Gasteiger partial charge in [-0.05, 0) is 39.8 Å². The fourth-order valence-corrected chi connectivity index (χ4v) is 2.75. The summed E-state index contributed by atoms with van der Waals surface area (Å²) in [7, 11) is 3.21. The molecule has 0 aliphatic carbocycles. The Hall–Kier alpha value is -2.24.